The van der Waals surface area contributed by atoms with Crippen LogP contribution < -0.4 is 5.32 Å². The lowest BCUT2D eigenvalue weighted by atomic mass is 9.97. The Bertz CT molecular complexity index is 1260. The van der Waals surface area contributed by atoms with Crippen molar-refractivity contribution in [3.8, 4) is 11.3 Å². The molecule has 2 heterocycles. The van der Waals surface area contributed by atoms with Crippen molar-refractivity contribution in [3.05, 3.63) is 76.7 Å². The van der Waals surface area contributed by atoms with Crippen molar-refractivity contribution in [3.63, 3.8) is 0 Å². The minimum atomic E-state index is -0.832. The van der Waals surface area contributed by atoms with Crippen LogP contribution in [0, 0.1) is 5.82 Å². The first-order valence-corrected chi connectivity index (χ1v) is 11.5. The van der Waals surface area contributed by atoms with Crippen LogP contribution in [-0.4, -0.2) is 27.6 Å². The van der Waals surface area contributed by atoms with Gasteiger partial charge in [-0.05, 0) is 58.5 Å². The number of thiophene rings is 1. The number of anilines is 1. The lowest BCUT2D eigenvalue weighted by Gasteiger charge is -2.11. The zero-order chi connectivity index (χ0) is 22.5. The molecule has 2 N–H and O–H groups in total. The van der Waals surface area contributed by atoms with Crippen molar-refractivity contribution < 1.29 is 14.3 Å². The second kappa shape index (κ2) is 9.87. The highest BCUT2D eigenvalue weighted by atomic mass is 32.1. The molecule has 7 heteroatoms. The van der Waals surface area contributed by atoms with Crippen LogP contribution in [0.2, 0.25) is 0 Å². The third-order valence-electron chi connectivity index (χ3n) is 5.32. The Kier molecular flexibility index (Phi) is 6.75. The number of nitrogens with zero attached hydrogens (tertiary/aromatic N) is 2. The highest BCUT2D eigenvalue weighted by Crippen LogP contribution is 2.26. The molecule has 4 rings (SSSR count). The second-order valence-corrected chi connectivity index (χ2v) is 8.60. The van der Waals surface area contributed by atoms with E-state index in [-0.39, 0.29) is 12.2 Å². The van der Waals surface area contributed by atoms with Crippen LogP contribution >= 0.6 is 11.3 Å². The Labute approximate surface area is 190 Å². The van der Waals surface area contributed by atoms with Gasteiger partial charge in [0.25, 0.3) is 0 Å². The van der Waals surface area contributed by atoms with Crippen LogP contribution in [0.1, 0.15) is 30.0 Å². The van der Waals surface area contributed by atoms with Gasteiger partial charge in [0.2, 0.25) is 0 Å². The first kappa shape index (κ1) is 21.9. The molecule has 0 spiro atoms. The van der Waals surface area contributed by atoms with Crippen molar-refractivity contribution in [2.24, 2.45) is 0 Å². The van der Waals surface area contributed by atoms with E-state index in [0.29, 0.717) is 23.5 Å². The van der Waals surface area contributed by atoms with Crippen molar-refractivity contribution in [2.75, 3.05) is 11.9 Å². The number of aliphatic carboxylic acids is 1. The Morgan fingerprint density at radius 2 is 1.97 bits per heavy atom. The molecule has 2 aromatic heterocycles. The van der Waals surface area contributed by atoms with Gasteiger partial charge in [0.1, 0.15) is 18.0 Å². The molecule has 0 saturated heterocycles. The maximum absolute atomic E-state index is 14.2. The maximum Gasteiger partial charge on any atom is 0.307 e. The number of carboxylic acid groups (broad SMARTS) is 1. The van der Waals surface area contributed by atoms with E-state index in [2.05, 4.69) is 22.2 Å². The Morgan fingerprint density at radius 3 is 2.78 bits per heavy atom. The number of aryl methyl sites for hydroxylation is 1. The molecule has 0 aliphatic rings. The van der Waals surface area contributed by atoms with Crippen molar-refractivity contribution in [1.29, 1.82) is 0 Å². The summed E-state index contributed by atoms with van der Waals surface area (Å²) in [7, 11) is 0. The summed E-state index contributed by atoms with van der Waals surface area (Å²) in [6, 6.07) is 13.2. The fourth-order valence-electron chi connectivity index (χ4n) is 3.81. The standard InChI is InChI=1S/C25H24FN3O2S/c1-2-3-17-12-19(5-4-18(17)13-24(30)31)22-14-23(29-15-28-22)27-8-6-16-10-20-7-9-32-25(20)21(26)11-16/h4-5,7,9-12,14-15H,2-3,6,8,13H2,1H3,(H,30,31)(H,27,28,29). The predicted octanol–water partition coefficient (Wildman–Crippen LogP) is 5.73. The molecule has 4 aromatic rings. The van der Waals surface area contributed by atoms with Gasteiger partial charge in [-0.1, -0.05) is 31.5 Å². The van der Waals surface area contributed by atoms with Crippen molar-refractivity contribution >= 4 is 33.2 Å². The molecule has 2 aromatic carbocycles. The molecular weight excluding hydrogens is 425 g/mol. The van der Waals surface area contributed by atoms with E-state index < -0.39 is 5.97 Å². The summed E-state index contributed by atoms with van der Waals surface area (Å²) in [6.45, 7) is 2.69. The fourth-order valence-corrected chi connectivity index (χ4v) is 4.60. The van der Waals surface area contributed by atoms with Crippen molar-refractivity contribution in [2.45, 2.75) is 32.6 Å². The van der Waals surface area contributed by atoms with Gasteiger partial charge in [0.05, 0.1) is 16.8 Å². The highest BCUT2D eigenvalue weighted by Gasteiger charge is 2.10. The van der Waals surface area contributed by atoms with Gasteiger partial charge in [0, 0.05) is 18.2 Å². The molecule has 0 aliphatic heterocycles. The summed E-state index contributed by atoms with van der Waals surface area (Å²) in [5.41, 5.74) is 4.51. The smallest absolute Gasteiger partial charge is 0.307 e. The molecule has 0 amide bonds. The van der Waals surface area contributed by atoms with Gasteiger partial charge >= 0.3 is 5.97 Å². The van der Waals surface area contributed by atoms with Gasteiger partial charge in [-0.2, -0.15) is 0 Å². The normalized spacial score (nSPS) is 11.1. The van der Waals surface area contributed by atoms with E-state index in [1.165, 1.54) is 17.7 Å². The molecule has 5 nitrogen and oxygen atoms in total. The third-order valence-corrected chi connectivity index (χ3v) is 6.25. The summed E-state index contributed by atoms with van der Waals surface area (Å²) in [4.78, 5) is 19.8. The SMILES string of the molecule is CCCc1cc(-c2cc(NCCc3cc(F)c4sccc4c3)ncn2)ccc1CC(=O)O. The number of carboxylic acids is 1. The summed E-state index contributed by atoms with van der Waals surface area (Å²) >= 11 is 1.41. The average molecular weight is 450 g/mol. The number of nitrogens with one attached hydrogen (secondary N) is 1. The molecule has 0 unspecified atom stereocenters. The molecule has 0 radical (unpaired) electrons. The first-order valence-electron chi connectivity index (χ1n) is 10.6. The first-order chi connectivity index (χ1) is 15.5. The molecule has 0 aliphatic carbocycles. The summed E-state index contributed by atoms with van der Waals surface area (Å²) in [6.07, 6.45) is 3.96. The van der Waals surface area contributed by atoms with E-state index in [0.717, 1.165) is 46.2 Å². The Hall–Kier alpha value is -3.32. The summed E-state index contributed by atoms with van der Waals surface area (Å²) in [5.74, 6) is -0.313. The van der Waals surface area contributed by atoms with Crippen LogP contribution in [0.25, 0.3) is 21.3 Å². The zero-order valence-electron chi connectivity index (χ0n) is 17.8. The van der Waals surface area contributed by atoms with Gasteiger partial charge in [-0.15, -0.1) is 11.3 Å². The second-order valence-electron chi connectivity index (χ2n) is 7.69. The summed E-state index contributed by atoms with van der Waals surface area (Å²) in [5, 5.41) is 15.3. The van der Waals surface area contributed by atoms with Gasteiger partial charge in [0.15, 0.2) is 0 Å². The lowest BCUT2D eigenvalue weighted by molar-refractivity contribution is -0.136. The number of benzene rings is 2. The van der Waals surface area contributed by atoms with Crippen LogP contribution in [0.15, 0.2) is 54.2 Å². The zero-order valence-corrected chi connectivity index (χ0v) is 18.6. The maximum atomic E-state index is 14.2. The molecule has 32 heavy (non-hydrogen) atoms. The van der Waals surface area contributed by atoms with Gasteiger partial charge in [-0.25, -0.2) is 14.4 Å². The number of fused-ring (bicyclic) bond motifs is 1. The average Bonchev–Trinajstić information content (AvgIpc) is 3.24. The predicted molar refractivity (Wildman–Crippen MR) is 127 cm³/mol. The minimum absolute atomic E-state index is 0.0178. The number of hydrogen-bond donors (Lipinski definition) is 2. The Balaban J connectivity index is 1.47. The van der Waals surface area contributed by atoms with E-state index in [4.69, 9.17) is 5.11 Å². The van der Waals surface area contributed by atoms with E-state index in [9.17, 15) is 9.18 Å². The number of carbonyl (C=O) groups is 1. The number of rotatable bonds is 9. The number of halogens is 1. The molecule has 0 atom stereocenters. The number of aromatic nitrogens is 2. The quantitative estimate of drug-likeness (QED) is 0.341. The topological polar surface area (TPSA) is 75.1 Å². The van der Waals surface area contributed by atoms with Crippen LogP contribution in [0.4, 0.5) is 10.2 Å². The largest absolute Gasteiger partial charge is 0.481 e. The van der Waals surface area contributed by atoms with E-state index >= 15 is 0 Å². The molecule has 0 saturated carbocycles. The molecule has 164 valence electrons. The summed E-state index contributed by atoms with van der Waals surface area (Å²) < 4.78 is 14.9. The third kappa shape index (κ3) is 5.11. The van der Waals surface area contributed by atoms with Gasteiger partial charge < -0.3 is 10.4 Å². The van der Waals surface area contributed by atoms with Crippen LogP contribution in [-0.2, 0) is 24.1 Å². The molecule has 0 fully saturated rings. The monoisotopic (exact) mass is 449 g/mol. The lowest BCUT2D eigenvalue weighted by Crippen LogP contribution is -2.07. The minimum Gasteiger partial charge on any atom is -0.481 e. The van der Waals surface area contributed by atoms with E-state index in [1.807, 2.05) is 41.8 Å². The van der Waals surface area contributed by atoms with Crippen LogP contribution in [0.5, 0.6) is 0 Å². The van der Waals surface area contributed by atoms with Gasteiger partial charge in [-0.3, -0.25) is 4.79 Å². The molecular formula is C25H24FN3O2S. The number of hydrogen-bond acceptors (Lipinski definition) is 5. The van der Waals surface area contributed by atoms with Crippen molar-refractivity contribution in [1.82, 2.24) is 9.97 Å². The van der Waals surface area contributed by atoms with Crippen LogP contribution in [0.3, 0.4) is 0 Å². The Morgan fingerprint density at radius 1 is 1.09 bits per heavy atom. The van der Waals surface area contributed by atoms with E-state index in [1.54, 1.807) is 6.07 Å². The highest BCUT2D eigenvalue weighted by molar-refractivity contribution is 7.17. The fraction of sp³-hybridized carbons (Fsp3) is 0.240. The molecule has 0 bridgehead atoms.